The van der Waals surface area contributed by atoms with E-state index in [4.69, 9.17) is 18.6 Å². The predicted octanol–water partition coefficient (Wildman–Crippen LogP) is 2.70. The molecule has 1 amide bonds. The molecule has 0 bridgehead atoms. The van der Waals surface area contributed by atoms with E-state index in [-0.39, 0.29) is 0 Å². The highest BCUT2D eigenvalue weighted by Crippen LogP contribution is 2.39. The van der Waals surface area contributed by atoms with Crippen molar-refractivity contribution in [2.24, 2.45) is 0 Å². The second kappa shape index (κ2) is 8.45. The van der Waals surface area contributed by atoms with Crippen molar-refractivity contribution in [3.63, 3.8) is 0 Å². The minimum Gasteiger partial charge on any atom is -0.493 e. The van der Waals surface area contributed by atoms with Gasteiger partial charge in [0.2, 0.25) is 11.7 Å². The molecule has 0 aliphatic heterocycles. The Morgan fingerprint density at radius 2 is 1.92 bits per heavy atom. The van der Waals surface area contributed by atoms with Gasteiger partial charge in [-0.2, -0.15) is 5.26 Å². The standard InChI is InChI=1S/C18H18N2O5/c1-22-15-9-12(10-16(23-2)18(15)24-3)14(11-19)20-17(21)7-6-13-5-4-8-25-13/h4-10,14H,1-3H3,(H,20,21)/b7-6+. The van der Waals surface area contributed by atoms with E-state index in [1.165, 1.54) is 39.7 Å². The molecule has 2 aromatic rings. The molecule has 1 aromatic carbocycles. The summed E-state index contributed by atoms with van der Waals surface area (Å²) in [6, 6.07) is 7.82. The summed E-state index contributed by atoms with van der Waals surface area (Å²) in [5.74, 6) is 1.32. The van der Waals surface area contributed by atoms with Gasteiger partial charge in [-0.1, -0.05) is 0 Å². The zero-order valence-corrected chi connectivity index (χ0v) is 14.1. The highest BCUT2D eigenvalue weighted by Gasteiger charge is 2.19. The molecule has 0 aliphatic rings. The van der Waals surface area contributed by atoms with E-state index in [0.717, 1.165) is 0 Å². The van der Waals surface area contributed by atoms with Crippen molar-refractivity contribution in [3.8, 4) is 23.3 Å². The Labute approximate surface area is 145 Å². The maximum Gasteiger partial charge on any atom is 0.245 e. The molecule has 1 atom stereocenters. The van der Waals surface area contributed by atoms with Crippen LogP contribution in [0.4, 0.5) is 0 Å². The number of hydrogen-bond donors (Lipinski definition) is 1. The lowest BCUT2D eigenvalue weighted by Crippen LogP contribution is -2.25. The lowest BCUT2D eigenvalue weighted by molar-refractivity contribution is -0.116. The van der Waals surface area contributed by atoms with Gasteiger partial charge in [-0.15, -0.1) is 0 Å². The van der Waals surface area contributed by atoms with Gasteiger partial charge >= 0.3 is 0 Å². The molecule has 25 heavy (non-hydrogen) atoms. The SMILES string of the molecule is COc1cc(C(C#N)NC(=O)/C=C/c2ccco2)cc(OC)c1OC. The first-order valence-electron chi connectivity index (χ1n) is 7.34. The number of furan rings is 1. The van der Waals surface area contributed by atoms with Crippen molar-refractivity contribution in [1.29, 1.82) is 5.26 Å². The first kappa shape index (κ1) is 17.9. The van der Waals surface area contributed by atoms with Crippen molar-refractivity contribution in [2.45, 2.75) is 6.04 Å². The van der Waals surface area contributed by atoms with Gasteiger partial charge in [-0.25, -0.2) is 0 Å². The molecule has 2 rings (SSSR count). The summed E-state index contributed by atoms with van der Waals surface area (Å²) in [6.07, 6.45) is 4.31. The van der Waals surface area contributed by atoms with Gasteiger partial charge in [-0.3, -0.25) is 4.79 Å². The molecule has 0 saturated heterocycles. The molecule has 1 aromatic heterocycles. The number of hydrogen-bond acceptors (Lipinski definition) is 6. The third-order valence-electron chi connectivity index (χ3n) is 3.38. The summed E-state index contributed by atoms with van der Waals surface area (Å²) in [6.45, 7) is 0. The lowest BCUT2D eigenvalue weighted by Gasteiger charge is -2.16. The van der Waals surface area contributed by atoms with Gasteiger partial charge < -0.3 is 23.9 Å². The van der Waals surface area contributed by atoms with Crippen LogP contribution < -0.4 is 19.5 Å². The molecule has 1 heterocycles. The fourth-order valence-corrected chi connectivity index (χ4v) is 2.19. The molecule has 1 unspecified atom stereocenters. The number of carbonyl (C=O) groups excluding carboxylic acids is 1. The zero-order chi connectivity index (χ0) is 18.2. The molecule has 0 aliphatic carbocycles. The number of nitriles is 1. The molecular formula is C18H18N2O5. The summed E-state index contributed by atoms with van der Waals surface area (Å²) in [5, 5.41) is 12.0. The number of amides is 1. The Kier molecular flexibility index (Phi) is 6.07. The quantitative estimate of drug-likeness (QED) is 0.778. The van der Waals surface area contributed by atoms with Crippen LogP contribution >= 0.6 is 0 Å². The third-order valence-corrected chi connectivity index (χ3v) is 3.38. The van der Waals surface area contributed by atoms with Crippen LogP contribution in [0.3, 0.4) is 0 Å². The van der Waals surface area contributed by atoms with E-state index in [1.54, 1.807) is 24.3 Å². The minimum atomic E-state index is -0.887. The van der Waals surface area contributed by atoms with Crippen molar-refractivity contribution in [1.82, 2.24) is 5.32 Å². The van der Waals surface area contributed by atoms with Crippen LogP contribution in [-0.4, -0.2) is 27.2 Å². The van der Waals surface area contributed by atoms with Crippen LogP contribution in [0.15, 0.2) is 41.0 Å². The Balaban J connectivity index is 2.22. The third kappa shape index (κ3) is 4.32. The number of ether oxygens (including phenoxy) is 3. The largest absolute Gasteiger partial charge is 0.493 e. The summed E-state index contributed by atoms with van der Waals surface area (Å²) < 4.78 is 20.9. The van der Waals surface area contributed by atoms with E-state index in [1.807, 2.05) is 6.07 Å². The predicted molar refractivity (Wildman–Crippen MR) is 90.3 cm³/mol. The molecule has 0 fully saturated rings. The van der Waals surface area contributed by atoms with E-state index >= 15 is 0 Å². The van der Waals surface area contributed by atoms with Gasteiger partial charge in [-0.05, 0) is 35.9 Å². The van der Waals surface area contributed by atoms with E-state index in [0.29, 0.717) is 28.6 Å². The molecule has 0 radical (unpaired) electrons. The fraction of sp³-hybridized carbons (Fsp3) is 0.222. The second-order valence-electron chi connectivity index (χ2n) is 4.88. The normalized spacial score (nSPS) is 11.6. The maximum absolute atomic E-state index is 12.0. The number of nitrogens with zero attached hydrogens (tertiary/aromatic N) is 1. The highest BCUT2D eigenvalue weighted by molar-refractivity contribution is 5.91. The van der Waals surface area contributed by atoms with Crippen LogP contribution in [0.25, 0.3) is 6.08 Å². The Morgan fingerprint density at radius 3 is 2.40 bits per heavy atom. The molecule has 1 N–H and O–H groups in total. The fourth-order valence-electron chi connectivity index (χ4n) is 2.19. The smallest absolute Gasteiger partial charge is 0.245 e. The summed E-state index contributed by atoms with van der Waals surface area (Å²) in [5.41, 5.74) is 0.511. The Morgan fingerprint density at radius 1 is 1.24 bits per heavy atom. The summed E-state index contributed by atoms with van der Waals surface area (Å²) >= 11 is 0. The van der Waals surface area contributed by atoms with Crippen molar-refractivity contribution in [3.05, 3.63) is 47.9 Å². The number of nitrogens with one attached hydrogen (secondary N) is 1. The number of rotatable bonds is 7. The van der Waals surface area contributed by atoms with Crippen molar-refractivity contribution in [2.75, 3.05) is 21.3 Å². The van der Waals surface area contributed by atoms with Crippen molar-refractivity contribution < 1.29 is 23.4 Å². The van der Waals surface area contributed by atoms with Gasteiger partial charge in [0, 0.05) is 6.08 Å². The molecule has 130 valence electrons. The topological polar surface area (TPSA) is 93.7 Å². The van der Waals surface area contributed by atoms with Crippen LogP contribution in [-0.2, 0) is 4.79 Å². The molecular weight excluding hydrogens is 324 g/mol. The number of benzene rings is 1. The summed E-state index contributed by atoms with van der Waals surface area (Å²) in [4.78, 5) is 12.0. The van der Waals surface area contributed by atoms with E-state index < -0.39 is 11.9 Å². The zero-order valence-electron chi connectivity index (χ0n) is 14.1. The molecule has 7 nitrogen and oxygen atoms in total. The van der Waals surface area contributed by atoms with Crippen LogP contribution in [0.5, 0.6) is 17.2 Å². The number of methoxy groups -OCH3 is 3. The Hall–Kier alpha value is -3.40. The van der Waals surface area contributed by atoms with E-state index in [9.17, 15) is 10.1 Å². The first-order chi connectivity index (χ1) is 12.1. The van der Waals surface area contributed by atoms with Gasteiger partial charge in [0.25, 0.3) is 0 Å². The average Bonchev–Trinajstić information content (AvgIpc) is 3.16. The molecule has 7 heteroatoms. The maximum atomic E-state index is 12.0. The Bertz CT molecular complexity index is 765. The van der Waals surface area contributed by atoms with Crippen LogP contribution in [0, 0.1) is 11.3 Å². The first-order valence-corrected chi connectivity index (χ1v) is 7.34. The number of carbonyl (C=O) groups is 1. The highest BCUT2D eigenvalue weighted by atomic mass is 16.5. The minimum absolute atomic E-state index is 0.400. The van der Waals surface area contributed by atoms with Gasteiger partial charge in [0.15, 0.2) is 11.5 Å². The second-order valence-corrected chi connectivity index (χ2v) is 4.88. The lowest BCUT2D eigenvalue weighted by atomic mass is 10.1. The molecule has 0 spiro atoms. The van der Waals surface area contributed by atoms with Crippen molar-refractivity contribution >= 4 is 12.0 Å². The van der Waals surface area contributed by atoms with Gasteiger partial charge in [0.1, 0.15) is 11.8 Å². The van der Waals surface area contributed by atoms with Crippen LogP contribution in [0.2, 0.25) is 0 Å². The molecule has 0 saturated carbocycles. The monoisotopic (exact) mass is 342 g/mol. The van der Waals surface area contributed by atoms with E-state index in [2.05, 4.69) is 5.32 Å². The van der Waals surface area contributed by atoms with Gasteiger partial charge in [0.05, 0.1) is 33.7 Å². The summed E-state index contributed by atoms with van der Waals surface area (Å²) in [7, 11) is 4.45. The van der Waals surface area contributed by atoms with Crippen LogP contribution in [0.1, 0.15) is 17.4 Å². The average molecular weight is 342 g/mol.